The second-order valence-corrected chi connectivity index (χ2v) is 6.88. The Morgan fingerprint density at radius 3 is 2.47 bits per heavy atom. The summed E-state index contributed by atoms with van der Waals surface area (Å²) in [6, 6.07) is 9.38. The van der Waals surface area contributed by atoms with E-state index in [0.29, 0.717) is 31.5 Å². The smallest absolute Gasteiger partial charge is 0.191 e. The zero-order valence-corrected chi connectivity index (χ0v) is 20.7. The summed E-state index contributed by atoms with van der Waals surface area (Å²) in [6.07, 6.45) is 1.54. The molecule has 3 N–H and O–H groups in total. The average molecular weight is 531 g/mol. The fourth-order valence-electron chi connectivity index (χ4n) is 2.84. The summed E-state index contributed by atoms with van der Waals surface area (Å²) in [4.78, 5) is 4.54. The van der Waals surface area contributed by atoms with Gasteiger partial charge in [0.2, 0.25) is 0 Å². The minimum atomic E-state index is -1.18. The summed E-state index contributed by atoms with van der Waals surface area (Å²) in [7, 11) is 0. The number of aliphatic imine (C=N–C) groups is 1. The number of nitrogens with one attached hydrogen (secondary N) is 2. The summed E-state index contributed by atoms with van der Waals surface area (Å²) in [6.45, 7) is 11.6. The van der Waals surface area contributed by atoms with E-state index in [0.717, 1.165) is 17.1 Å². The van der Waals surface area contributed by atoms with Crippen molar-refractivity contribution < 1.29 is 19.0 Å². The number of ether oxygens (including phenoxy) is 2. The molecule has 0 saturated heterocycles. The molecule has 2 atom stereocenters. The van der Waals surface area contributed by atoms with E-state index in [9.17, 15) is 5.11 Å². The van der Waals surface area contributed by atoms with E-state index >= 15 is 0 Å². The zero-order valence-electron chi connectivity index (χ0n) is 18.4. The number of halogens is 1. The molecule has 1 aromatic heterocycles. The molecule has 1 aromatic carbocycles. The van der Waals surface area contributed by atoms with E-state index < -0.39 is 5.60 Å². The van der Waals surface area contributed by atoms with Gasteiger partial charge in [-0.1, -0.05) is 6.07 Å². The van der Waals surface area contributed by atoms with Crippen LogP contribution in [0.4, 0.5) is 0 Å². The monoisotopic (exact) mass is 531 g/mol. The van der Waals surface area contributed by atoms with Crippen LogP contribution in [-0.2, 0) is 5.60 Å². The molecule has 168 valence electrons. The number of guanidine groups is 1. The van der Waals surface area contributed by atoms with Gasteiger partial charge in [0.15, 0.2) is 17.5 Å². The van der Waals surface area contributed by atoms with Crippen molar-refractivity contribution in [2.24, 2.45) is 4.99 Å². The predicted molar refractivity (Wildman–Crippen MR) is 130 cm³/mol. The van der Waals surface area contributed by atoms with E-state index in [4.69, 9.17) is 13.9 Å². The molecule has 0 aliphatic rings. The highest BCUT2D eigenvalue weighted by atomic mass is 127. The topological polar surface area (TPSA) is 88.3 Å². The molecular formula is C22H34IN3O4. The highest BCUT2D eigenvalue weighted by Gasteiger charge is 2.26. The Morgan fingerprint density at radius 2 is 1.87 bits per heavy atom. The van der Waals surface area contributed by atoms with Crippen LogP contribution in [0.2, 0.25) is 0 Å². The van der Waals surface area contributed by atoms with Gasteiger partial charge in [-0.15, -0.1) is 24.0 Å². The van der Waals surface area contributed by atoms with Gasteiger partial charge in [-0.25, -0.2) is 4.99 Å². The number of nitrogens with zero attached hydrogens (tertiary/aromatic N) is 1. The standard InChI is InChI=1S/C22H33N3O4.HI/c1-6-23-21(24-15-22(5,26)20-10-9-13-29-20)25-16(4)17-11-12-18(27-7-2)19(14-17)28-8-3;/h9-14,16,26H,6-8,15H2,1-5H3,(H2,23,24,25);1H. The number of hydrogen-bond acceptors (Lipinski definition) is 5. The molecule has 0 spiro atoms. The fraction of sp³-hybridized carbons (Fsp3) is 0.500. The van der Waals surface area contributed by atoms with Crippen LogP contribution in [0.3, 0.4) is 0 Å². The molecule has 30 heavy (non-hydrogen) atoms. The van der Waals surface area contributed by atoms with Gasteiger partial charge in [0.1, 0.15) is 11.4 Å². The van der Waals surface area contributed by atoms with E-state index in [1.54, 1.807) is 25.3 Å². The molecule has 0 saturated carbocycles. The van der Waals surface area contributed by atoms with Crippen molar-refractivity contribution in [2.75, 3.05) is 26.3 Å². The van der Waals surface area contributed by atoms with Gasteiger partial charge in [0, 0.05) is 6.54 Å². The van der Waals surface area contributed by atoms with Gasteiger partial charge in [0.25, 0.3) is 0 Å². The maximum absolute atomic E-state index is 10.6. The highest BCUT2D eigenvalue weighted by Crippen LogP contribution is 2.30. The number of furan rings is 1. The summed E-state index contributed by atoms with van der Waals surface area (Å²) in [5.74, 6) is 2.56. The third-order valence-electron chi connectivity index (χ3n) is 4.36. The van der Waals surface area contributed by atoms with Crippen molar-refractivity contribution in [3.63, 3.8) is 0 Å². The van der Waals surface area contributed by atoms with Crippen LogP contribution in [0.25, 0.3) is 0 Å². The van der Waals surface area contributed by atoms with Crippen molar-refractivity contribution in [2.45, 2.75) is 46.3 Å². The fourth-order valence-corrected chi connectivity index (χ4v) is 2.84. The minimum absolute atomic E-state index is 0. The quantitative estimate of drug-likeness (QED) is 0.242. The lowest BCUT2D eigenvalue weighted by Gasteiger charge is -2.22. The SMILES string of the molecule is CCNC(=NCC(C)(O)c1ccco1)NC(C)c1ccc(OCC)c(OCC)c1.I. The third-order valence-corrected chi connectivity index (χ3v) is 4.36. The number of aliphatic hydroxyl groups is 1. The molecule has 2 unspecified atom stereocenters. The predicted octanol–water partition coefficient (Wildman–Crippen LogP) is 4.22. The Morgan fingerprint density at radius 1 is 1.17 bits per heavy atom. The Balaban J connectivity index is 0.00000450. The summed E-state index contributed by atoms with van der Waals surface area (Å²) >= 11 is 0. The van der Waals surface area contributed by atoms with Crippen LogP contribution >= 0.6 is 24.0 Å². The van der Waals surface area contributed by atoms with Gasteiger partial charge in [0.05, 0.1) is 32.1 Å². The molecule has 0 aliphatic heterocycles. The average Bonchev–Trinajstić information content (AvgIpc) is 3.24. The van der Waals surface area contributed by atoms with Crippen molar-refractivity contribution in [1.82, 2.24) is 10.6 Å². The molecule has 0 radical (unpaired) electrons. The maximum atomic E-state index is 10.6. The van der Waals surface area contributed by atoms with Crippen molar-refractivity contribution >= 4 is 29.9 Å². The van der Waals surface area contributed by atoms with Crippen LogP contribution in [0, 0.1) is 0 Å². The van der Waals surface area contributed by atoms with Crippen LogP contribution in [-0.4, -0.2) is 37.4 Å². The number of benzene rings is 1. The number of hydrogen-bond donors (Lipinski definition) is 3. The molecule has 8 heteroatoms. The summed E-state index contributed by atoms with van der Waals surface area (Å²) in [5.41, 5.74) is -0.142. The Bertz CT molecular complexity index is 779. The molecule has 1 heterocycles. The third kappa shape index (κ3) is 7.39. The molecule has 0 fully saturated rings. The van der Waals surface area contributed by atoms with Gasteiger partial charge in [-0.05, 0) is 64.4 Å². The second kappa shape index (κ2) is 12.7. The van der Waals surface area contributed by atoms with Crippen molar-refractivity contribution in [3.8, 4) is 11.5 Å². The Hall–Kier alpha value is -1.94. The van der Waals surface area contributed by atoms with Gasteiger partial charge in [-0.2, -0.15) is 0 Å². The molecule has 0 amide bonds. The lowest BCUT2D eigenvalue weighted by atomic mass is 10.0. The minimum Gasteiger partial charge on any atom is -0.490 e. The summed E-state index contributed by atoms with van der Waals surface area (Å²) in [5, 5.41) is 17.2. The highest BCUT2D eigenvalue weighted by molar-refractivity contribution is 14.0. The molecule has 7 nitrogen and oxygen atoms in total. The Labute approximate surface area is 196 Å². The molecule has 2 aromatic rings. The molecular weight excluding hydrogens is 497 g/mol. The van der Waals surface area contributed by atoms with Crippen LogP contribution in [0.15, 0.2) is 46.0 Å². The zero-order chi connectivity index (χ0) is 21.3. The molecule has 0 bridgehead atoms. The summed E-state index contributed by atoms with van der Waals surface area (Å²) < 4.78 is 16.7. The lowest BCUT2D eigenvalue weighted by molar-refractivity contribution is 0.0437. The maximum Gasteiger partial charge on any atom is 0.191 e. The van der Waals surface area contributed by atoms with Crippen molar-refractivity contribution in [1.29, 1.82) is 0 Å². The van der Waals surface area contributed by atoms with E-state index in [1.165, 1.54) is 0 Å². The van der Waals surface area contributed by atoms with Crippen LogP contribution < -0.4 is 20.1 Å². The number of rotatable bonds is 10. The Kier molecular flexibility index (Phi) is 11.0. The first-order valence-electron chi connectivity index (χ1n) is 10.1. The first-order valence-corrected chi connectivity index (χ1v) is 10.1. The van der Waals surface area contributed by atoms with Gasteiger partial charge >= 0.3 is 0 Å². The van der Waals surface area contributed by atoms with E-state index in [1.807, 2.05) is 45.9 Å². The largest absolute Gasteiger partial charge is 0.490 e. The van der Waals surface area contributed by atoms with Gasteiger partial charge < -0.3 is 29.6 Å². The first-order chi connectivity index (χ1) is 13.9. The lowest BCUT2D eigenvalue weighted by Crippen LogP contribution is -2.40. The normalized spacial score (nSPS) is 14.3. The van der Waals surface area contributed by atoms with Gasteiger partial charge in [-0.3, -0.25) is 0 Å². The van der Waals surface area contributed by atoms with Crippen LogP contribution in [0.1, 0.15) is 52.0 Å². The molecule has 2 rings (SSSR count). The van der Waals surface area contributed by atoms with Crippen molar-refractivity contribution in [3.05, 3.63) is 47.9 Å². The first kappa shape index (κ1) is 26.1. The van der Waals surface area contributed by atoms with Crippen LogP contribution in [0.5, 0.6) is 11.5 Å². The van der Waals surface area contributed by atoms with E-state index in [-0.39, 0.29) is 36.6 Å². The van der Waals surface area contributed by atoms with E-state index in [2.05, 4.69) is 15.6 Å². The molecule has 0 aliphatic carbocycles. The second-order valence-electron chi connectivity index (χ2n) is 6.88.